The van der Waals surface area contributed by atoms with Crippen LogP contribution in [0.1, 0.15) is 23.3 Å². The summed E-state index contributed by atoms with van der Waals surface area (Å²) in [5.74, 6) is 0.524. The maximum Gasteiger partial charge on any atom is 0.287 e. The lowest BCUT2D eigenvalue weighted by Gasteiger charge is -2.08. The summed E-state index contributed by atoms with van der Waals surface area (Å²) in [6, 6.07) is 10.1. The molecule has 3 aromatic rings. The molecule has 0 radical (unpaired) electrons. The van der Waals surface area contributed by atoms with Crippen molar-refractivity contribution >= 4 is 40.9 Å². The fourth-order valence-electron chi connectivity index (χ4n) is 2.39. The first-order valence-corrected chi connectivity index (χ1v) is 9.85. The third-order valence-corrected chi connectivity index (χ3v) is 4.94. The number of amides is 2. The number of nitrogens with one attached hydrogen (secondary N) is 2. The Kier molecular flexibility index (Phi) is 6.72. The van der Waals surface area contributed by atoms with Gasteiger partial charge in [-0.15, -0.1) is 10.2 Å². The third-order valence-electron chi connectivity index (χ3n) is 3.72. The van der Waals surface area contributed by atoms with E-state index >= 15 is 0 Å². The van der Waals surface area contributed by atoms with Gasteiger partial charge in [0.15, 0.2) is 16.7 Å². The minimum absolute atomic E-state index is 0.161. The summed E-state index contributed by atoms with van der Waals surface area (Å²) in [6.07, 6.45) is 1.44. The highest BCUT2D eigenvalue weighted by molar-refractivity contribution is 7.99. The van der Waals surface area contributed by atoms with Crippen molar-refractivity contribution in [1.29, 1.82) is 0 Å². The number of rotatable bonds is 8. The number of carbonyl (C=O) groups is 2. The summed E-state index contributed by atoms with van der Waals surface area (Å²) in [4.78, 5) is 24.1. The molecule has 1 aromatic carbocycles. The molecule has 8 nitrogen and oxygen atoms in total. The zero-order valence-corrected chi connectivity index (χ0v) is 16.6. The van der Waals surface area contributed by atoms with Crippen LogP contribution in [0.25, 0.3) is 0 Å². The molecule has 2 aromatic heterocycles. The Morgan fingerprint density at radius 2 is 2.00 bits per heavy atom. The Morgan fingerprint density at radius 1 is 1.21 bits per heavy atom. The molecule has 0 aliphatic carbocycles. The number of aromatic nitrogens is 3. The molecule has 3 rings (SSSR count). The van der Waals surface area contributed by atoms with E-state index in [1.165, 1.54) is 18.0 Å². The average molecular weight is 420 g/mol. The van der Waals surface area contributed by atoms with Crippen LogP contribution in [0, 0.1) is 0 Å². The molecule has 28 heavy (non-hydrogen) atoms. The van der Waals surface area contributed by atoms with E-state index in [9.17, 15) is 9.59 Å². The van der Waals surface area contributed by atoms with Crippen LogP contribution in [0.2, 0.25) is 5.02 Å². The van der Waals surface area contributed by atoms with Crippen molar-refractivity contribution in [1.82, 2.24) is 20.1 Å². The number of nitrogens with zero attached hydrogens (tertiary/aromatic N) is 3. The lowest BCUT2D eigenvalue weighted by atomic mass is 10.3. The van der Waals surface area contributed by atoms with E-state index in [2.05, 4.69) is 20.8 Å². The number of halogens is 1. The fourth-order valence-corrected chi connectivity index (χ4v) is 3.34. The Hall–Kier alpha value is -2.78. The smallest absolute Gasteiger partial charge is 0.287 e. The Morgan fingerprint density at radius 3 is 2.68 bits per heavy atom. The summed E-state index contributed by atoms with van der Waals surface area (Å²) >= 11 is 7.11. The quantitative estimate of drug-likeness (QED) is 0.543. The van der Waals surface area contributed by atoms with Crippen molar-refractivity contribution in [2.75, 3.05) is 11.1 Å². The van der Waals surface area contributed by atoms with Gasteiger partial charge in [-0.1, -0.05) is 23.4 Å². The van der Waals surface area contributed by atoms with E-state index in [4.69, 9.17) is 16.0 Å². The molecule has 0 aliphatic heterocycles. The van der Waals surface area contributed by atoms with Gasteiger partial charge in [0, 0.05) is 17.3 Å². The van der Waals surface area contributed by atoms with Crippen LogP contribution in [-0.2, 0) is 17.9 Å². The van der Waals surface area contributed by atoms with Crippen LogP contribution >= 0.6 is 23.4 Å². The van der Waals surface area contributed by atoms with Gasteiger partial charge in [0.1, 0.15) is 0 Å². The van der Waals surface area contributed by atoms with Gasteiger partial charge in [0.25, 0.3) is 5.91 Å². The summed E-state index contributed by atoms with van der Waals surface area (Å²) in [5.41, 5.74) is 0.674. The first kappa shape index (κ1) is 20.0. The molecule has 146 valence electrons. The molecular weight excluding hydrogens is 402 g/mol. The van der Waals surface area contributed by atoms with Crippen molar-refractivity contribution < 1.29 is 14.0 Å². The number of thioether (sulfide) groups is 1. The van der Waals surface area contributed by atoms with E-state index < -0.39 is 0 Å². The molecule has 0 saturated heterocycles. The first-order valence-electron chi connectivity index (χ1n) is 8.48. The second-order valence-electron chi connectivity index (χ2n) is 5.65. The second kappa shape index (κ2) is 9.43. The highest BCUT2D eigenvalue weighted by Crippen LogP contribution is 2.18. The van der Waals surface area contributed by atoms with E-state index in [0.29, 0.717) is 28.2 Å². The van der Waals surface area contributed by atoms with E-state index in [1.54, 1.807) is 36.4 Å². The summed E-state index contributed by atoms with van der Waals surface area (Å²) in [7, 11) is 0. The van der Waals surface area contributed by atoms with Crippen molar-refractivity contribution in [3.8, 4) is 0 Å². The molecule has 2 heterocycles. The summed E-state index contributed by atoms with van der Waals surface area (Å²) in [5, 5.41) is 15.0. The maximum atomic E-state index is 12.1. The number of furan rings is 1. The average Bonchev–Trinajstić information content (AvgIpc) is 3.36. The monoisotopic (exact) mass is 419 g/mol. The topological polar surface area (TPSA) is 102 Å². The van der Waals surface area contributed by atoms with Gasteiger partial charge in [0.05, 0.1) is 18.6 Å². The predicted octanol–water partition coefficient (Wildman–Crippen LogP) is 3.21. The molecule has 2 amide bonds. The molecule has 0 atom stereocenters. The molecule has 0 saturated carbocycles. The molecule has 0 fully saturated rings. The van der Waals surface area contributed by atoms with Gasteiger partial charge in [0.2, 0.25) is 5.91 Å². The molecule has 0 aliphatic rings. The van der Waals surface area contributed by atoms with Crippen molar-refractivity contribution in [3.05, 3.63) is 59.3 Å². The van der Waals surface area contributed by atoms with Gasteiger partial charge in [-0.3, -0.25) is 9.59 Å². The van der Waals surface area contributed by atoms with Gasteiger partial charge >= 0.3 is 0 Å². The minimum atomic E-state index is -0.327. The zero-order chi connectivity index (χ0) is 19.9. The predicted molar refractivity (Wildman–Crippen MR) is 106 cm³/mol. The van der Waals surface area contributed by atoms with E-state index in [1.807, 2.05) is 11.5 Å². The van der Waals surface area contributed by atoms with Crippen LogP contribution in [0.5, 0.6) is 0 Å². The Balaban J connectivity index is 1.54. The SMILES string of the molecule is CCn1c(CNC(=O)c2ccco2)nnc1SCC(=O)Nc1ccc(Cl)cc1. The third kappa shape index (κ3) is 5.14. The number of carbonyl (C=O) groups excluding carboxylic acids is 2. The Labute approximate surface area is 170 Å². The van der Waals surface area contributed by atoms with Gasteiger partial charge in [-0.05, 0) is 43.3 Å². The Bertz CT molecular complexity index is 941. The van der Waals surface area contributed by atoms with Gasteiger partial charge < -0.3 is 19.6 Å². The molecular formula is C18H18ClN5O3S. The second-order valence-corrected chi connectivity index (χ2v) is 7.03. The lowest BCUT2D eigenvalue weighted by Crippen LogP contribution is -2.24. The molecule has 10 heteroatoms. The maximum absolute atomic E-state index is 12.1. The van der Waals surface area contributed by atoms with E-state index in [0.717, 1.165) is 0 Å². The zero-order valence-electron chi connectivity index (χ0n) is 15.0. The van der Waals surface area contributed by atoms with E-state index in [-0.39, 0.29) is 29.9 Å². The lowest BCUT2D eigenvalue weighted by molar-refractivity contribution is -0.113. The molecule has 0 unspecified atom stereocenters. The first-order chi connectivity index (χ1) is 13.6. The number of anilines is 1. The number of hydrogen-bond acceptors (Lipinski definition) is 6. The standard InChI is InChI=1S/C18H18ClN5O3S/c1-2-24-15(10-20-17(26)14-4-3-9-27-14)22-23-18(24)28-11-16(25)21-13-7-5-12(19)6-8-13/h3-9H,2,10-11H2,1H3,(H,20,26)(H,21,25). The van der Waals surface area contributed by atoms with Crippen LogP contribution in [0.3, 0.4) is 0 Å². The van der Waals surface area contributed by atoms with Gasteiger partial charge in [-0.2, -0.15) is 0 Å². The summed E-state index contributed by atoms with van der Waals surface area (Å²) in [6.45, 7) is 2.76. The number of benzene rings is 1. The molecule has 2 N–H and O–H groups in total. The van der Waals surface area contributed by atoms with Crippen molar-refractivity contribution in [2.45, 2.75) is 25.2 Å². The normalized spacial score (nSPS) is 10.6. The molecule has 0 bridgehead atoms. The number of hydrogen-bond donors (Lipinski definition) is 2. The van der Waals surface area contributed by atoms with Crippen LogP contribution in [-0.4, -0.2) is 32.3 Å². The van der Waals surface area contributed by atoms with Crippen molar-refractivity contribution in [2.24, 2.45) is 0 Å². The van der Waals surface area contributed by atoms with Crippen LogP contribution in [0.4, 0.5) is 5.69 Å². The highest BCUT2D eigenvalue weighted by atomic mass is 35.5. The summed E-state index contributed by atoms with van der Waals surface area (Å²) < 4.78 is 6.90. The fraction of sp³-hybridized carbons (Fsp3) is 0.222. The largest absolute Gasteiger partial charge is 0.459 e. The van der Waals surface area contributed by atoms with Crippen LogP contribution in [0.15, 0.2) is 52.2 Å². The van der Waals surface area contributed by atoms with Crippen molar-refractivity contribution in [3.63, 3.8) is 0 Å². The highest BCUT2D eigenvalue weighted by Gasteiger charge is 2.15. The minimum Gasteiger partial charge on any atom is -0.459 e. The molecule has 0 spiro atoms. The van der Waals surface area contributed by atoms with Crippen LogP contribution < -0.4 is 10.6 Å². The van der Waals surface area contributed by atoms with Gasteiger partial charge in [-0.25, -0.2) is 0 Å².